The molecule has 6 nitrogen and oxygen atoms in total. The molecule has 0 aliphatic carbocycles. The van der Waals surface area contributed by atoms with Crippen LogP contribution in [0.2, 0.25) is 0 Å². The number of dihydropyridines is 1. The molecule has 6 N–H and O–H groups in total. The van der Waals surface area contributed by atoms with Crippen LogP contribution in [0, 0.1) is 0 Å². The van der Waals surface area contributed by atoms with Crippen LogP contribution in [-0.4, -0.2) is 27.0 Å². The van der Waals surface area contributed by atoms with Crippen LogP contribution in [-0.2, 0) is 4.79 Å². The highest BCUT2D eigenvalue weighted by Crippen LogP contribution is 2.12. The number of carbonyl (C=O) groups is 1. The van der Waals surface area contributed by atoms with Crippen LogP contribution in [0.25, 0.3) is 0 Å². The fourth-order valence-corrected chi connectivity index (χ4v) is 0.823. The number of aliphatic hydroxyl groups is 2. The van der Waals surface area contributed by atoms with Crippen LogP contribution < -0.4 is 11.1 Å². The molecular formula is C6H8N2O4. The van der Waals surface area contributed by atoms with Gasteiger partial charge in [0.05, 0.1) is 0 Å². The minimum Gasteiger partial charge on any atom is -0.495 e. The van der Waals surface area contributed by atoms with Gasteiger partial charge in [-0.05, 0) is 0 Å². The highest BCUT2D eigenvalue weighted by atomic mass is 16.4. The maximum absolute atomic E-state index is 10.4. The predicted molar refractivity (Wildman–Crippen MR) is 38.7 cm³/mol. The van der Waals surface area contributed by atoms with E-state index in [1.54, 1.807) is 0 Å². The number of nitrogens with two attached hydrogens (primary N) is 1. The monoisotopic (exact) mass is 172 g/mol. The number of allylic oxidation sites excluding steroid dienone is 1. The van der Waals surface area contributed by atoms with Crippen molar-refractivity contribution in [3.63, 3.8) is 0 Å². The lowest BCUT2D eigenvalue weighted by Gasteiger charge is -2.24. The van der Waals surface area contributed by atoms with Crippen LogP contribution >= 0.6 is 0 Å². The second kappa shape index (κ2) is 2.42. The Morgan fingerprint density at radius 3 is 2.67 bits per heavy atom. The van der Waals surface area contributed by atoms with E-state index in [0.717, 1.165) is 12.2 Å². The van der Waals surface area contributed by atoms with Crippen molar-refractivity contribution in [2.75, 3.05) is 0 Å². The number of carboxylic acids is 1. The van der Waals surface area contributed by atoms with E-state index in [2.05, 4.69) is 0 Å². The molecule has 0 aromatic rings. The molecule has 0 saturated heterocycles. The normalized spacial score (nSPS) is 28.4. The van der Waals surface area contributed by atoms with Crippen molar-refractivity contribution in [1.29, 1.82) is 0 Å². The smallest absolute Gasteiger partial charge is 0.361 e. The molecule has 0 bridgehead atoms. The van der Waals surface area contributed by atoms with Gasteiger partial charge in [0.15, 0.2) is 5.88 Å². The average molecular weight is 172 g/mol. The Morgan fingerprint density at radius 1 is 1.67 bits per heavy atom. The first-order chi connectivity index (χ1) is 5.44. The van der Waals surface area contributed by atoms with E-state index in [1.807, 2.05) is 5.32 Å². The maximum Gasteiger partial charge on any atom is 0.361 e. The van der Waals surface area contributed by atoms with Crippen LogP contribution in [0.1, 0.15) is 0 Å². The third-order valence-corrected chi connectivity index (χ3v) is 1.32. The van der Waals surface area contributed by atoms with E-state index in [-0.39, 0.29) is 5.70 Å². The molecule has 1 aliphatic rings. The SMILES string of the molecule is NC1=CC(O)(C(=O)O)NC(O)=C1. The number of aliphatic hydroxyl groups excluding tert-OH is 1. The molecule has 1 unspecified atom stereocenters. The Labute approximate surface area is 67.6 Å². The third kappa shape index (κ3) is 1.32. The van der Waals surface area contributed by atoms with Crippen molar-refractivity contribution in [2.45, 2.75) is 5.72 Å². The zero-order valence-corrected chi connectivity index (χ0v) is 5.98. The number of rotatable bonds is 1. The van der Waals surface area contributed by atoms with E-state index in [4.69, 9.17) is 15.9 Å². The first-order valence-corrected chi connectivity index (χ1v) is 3.07. The fraction of sp³-hybridized carbons (Fsp3) is 0.167. The van der Waals surface area contributed by atoms with Crippen molar-refractivity contribution >= 4 is 5.97 Å². The molecule has 66 valence electrons. The first kappa shape index (κ1) is 8.41. The minimum absolute atomic E-state index is 0.0175. The van der Waals surface area contributed by atoms with E-state index < -0.39 is 17.6 Å². The molecule has 0 spiro atoms. The van der Waals surface area contributed by atoms with Gasteiger partial charge in [0.25, 0.3) is 5.72 Å². The topological polar surface area (TPSA) is 116 Å². The van der Waals surface area contributed by atoms with Gasteiger partial charge in [0, 0.05) is 17.8 Å². The zero-order valence-electron chi connectivity index (χ0n) is 5.98. The largest absolute Gasteiger partial charge is 0.495 e. The number of carboxylic acid groups (broad SMARTS) is 1. The second-order valence-electron chi connectivity index (χ2n) is 2.37. The lowest BCUT2D eigenvalue weighted by molar-refractivity contribution is -0.156. The zero-order chi connectivity index (χ0) is 9.35. The molecule has 1 rings (SSSR count). The van der Waals surface area contributed by atoms with Crippen molar-refractivity contribution in [2.24, 2.45) is 5.73 Å². The molecule has 0 amide bonds. The molecule has 0 aromatic carbocycles. The summed E-state index contributed by atoms with van der Waals surface area (Å²) in [5.41, 5.74) is 2.87. The van der Waals surface area contributed by atoms with Crippen LogP contribution in [0.5, 0.6) is 0 Å². The number of aliphatic carboxylic acids is 1. The van der Waals surface area contributed by atoms with Gasteiger partial charge >= 0.3 is 5.97 Å². The highest BCUT2D eigenvalue weighted by Gasteiger charge is 2.36. The Bertz CT molecular complexity index is 283. The summed E-state index contributed by atoms with van der Waals surface area (Å²) in [7, 11) is 0. The summed E-state index contributed by atoms with van der Waals surface area (Å²) < 4.78 is 0. The van der Waals surface area contributed by atoms with Crippen LogP contribution in [0.4, 0.5) is 0 Å². The minimum atomic E-state index is -2.32. The van der Waals surface area contributed by atoms with E-state index in [0.29, 0.717) is 0 Å². The number of nitrogens with one attached hydrogen (secondary N) is 1. The lowest BCUT2D eigenvalue weighted by atomic mass is 10.1. The fourth-order valence-electron chi connectivity index (χ4n) is 0.823. The van der Waals surface area contributed by atoms with Crippen molar-refractivity contribution in [3.8, 4) is 0 Å². The predicted octanol–water partition coefficient (Wildman–Crippen LogP) is -1.40. The molecule has 0 radical (unpaired) electrons. The molecule has 6 heteroatoms. The molecule has 0 aromatic heterocycles. The molecule has 1 heterocycles. The second-order valence-corrected chi connectivity index (χ2v) is 2.37. The van der Waals surface area contributed by atoms with Crippen molar-refractivity contribution in [1.82, 2.24) is 5.32 Å². The molecule has 0 saturated carbocycles. The van der Waals surface area contributed by atoms with Gasteiger partial charge in [-0.3, -0.25) is 0 Å². The molecular weight excluding hydrogens is 164 g/mol. The summed E-state index contributed by atoms with van der Waals surface area (Å²) >= 11 is 0. The summed E-state index contributed by atoms with van der Waals surface area (Å²) in [6.07, 6.45) is 1.98. The molecule has 0 fully saturated rings. The van der Waals surface area contributed by atoms with Crippen molar-refractivity contribution in [3.05, 3.63) is 23.7 Å². The summed E-state index contributed by atoms with van der Waals surface area (Å²) in [4.78, 5) is 10.4. The lowest BCUT2D eigenvalue weighted by Crippen LogP contribution is -2.52. The van der Waals surface area contributed by atoms with Gasteiger partial charge in [0.2, 0.25) is 0 Å². The third-order valence-electron chi connectivity index (χ3n) is 1.32. The van der Waals surface area contributed by atoms with E-state index >= 15 is 0 Å². The Kier molecular flexibility index (Phi) is 1.69. The van der Waals surface area contributed by atoms with Gasteiger partial charge in [0.1, 0.15) is 0 Å². The Hall–Kier alpha value is -1.69. The van der Waals surface area contributed by atoms with Crippen molar-refractivity contribution < 1.29 is 20.1 Å². The number of hydrogen-bond acceptors (Lipinski definition) is 5. The van der Waals surface area contributed by atoms with E-state index in [1.165, 1.54) is 0 Å². The summed E-state index contributed by atoms with van der Waals surface area (Å²) in [6.45, 7) is 0. The van der Waals surface area contributed by atoms with Gasteiger partial charge < -0.3 is 26.4 Å². The van der Waals surface area contributed by atoms with E-state index in [9.17, 15) is 9.90 Å². The van der Waals surface area contributed by atoms with Gasteiger partial charge in [-0.1, -0.05) is 0 Å². The summed E-state index contributed by atoms with van der Waals surface area (Å²) in [6, 6.07) is 0. The summed E-state index contributed by atoms with van der Waals surface area (Å²) in [5, 5.41) is 28.5. The van der Waals surface area contributed by atoms with Gasteiger partial charge in [-0.25, -0.2) is 4.79 Å². The first-order valence-electron chi connectivity index (χ1n) is 3.07. The molecule has 1 atom stereocenters. The Balaban J connectivity index is 3.00. The number of hydrogen-bond donors (Lipinski definition) is 5. The average Bonchev–Trinajstić information content (AvgIpc) is 1.82. The molecule has 1 aliphatic heterocycles. The summed E-state index contributed by atoms with van der Waals surface area (Å²) in [5.74, 6) is -2.02. The van der Waals surface area contributed by atoms with Crippen LogP contribution in [0.3, 0.4) is 0 Å². The highest BCUT2D eigenvalue weighted by molar-refractivity contribution is 5.80. The standard InChI is InChI=1S/C6H8N2O4/c7-3-1-4(9)8-6(12,2-3)5(10)11/h1-2,8-9,12H,7H2,(H,10,11). The van der Waals surface area contributed by atoms with Gasteiger partial charge in [-0.15, -0.1) is 0 Å². The van der Waals surface area contributed by atoms with Gasteiger partial charge in [-0.2, -0.15) is 0 Å². The molecule has 12 heavy (non-hydrogen) atoms. The van der Waals surface area contributed by atoms with Crippen LogP contribution in [0.15, 0.2) is 23.7 Å². The maximum atomic E-state index is 10.4. The Morgan fingerprint density at radius 2 is 2.25 bits per heavy atom. The quantitative estimate of drug-likeness (QED) is 0.332.